The van der Waals surface area contributed by atoms with Crippen molar-refractivity contribution in [3.63, 3.8) is 0 Å². The van der Waals surface area contributed by atoms with Gasteiger partial charge in [0.1, 0.15) is 5.82 Å². The summed E-state index contributed by atoms with van der Waals surface area (Å²) in [7, 11) is 0. The number of fused-ring (bicyclic) bond motifs is 1. The molecule has 1 aliphatic heterocycles. The molecule has 2 atom stereocenters. The lowest BCUT2D eigenvalue weighted by molar-refractivity contribution is 0.622. The highest BCUT2D eigenvalue weighted by atomic mass is 19.1. The fourth-order valence-corrected chi connectivity index (χ4v) is 2.57. The topological polar surface area (TPSA) is 12.0 Å². The quantitative estimate of drug-likeness (QED) is 0.688. The van der Waals surface area contributed by atoms with Crippen LogP contribution < -0.4 is 5.32 Å². The molecule has 68 valence electrons. The van der Waals surface area contributed by atoms with Crippen molar-refractivity contribution in [2.75, 3.05) is 13.1 Å². The van der Waals surface area contributed by atoms with Crippen LogP contribution in [0, 0.1) is 11.7 Å². The van der Waals surface area contributed by atoms with Gasteiger partial charge in [-0.3, -0.25) is 0 Å². The summed E-state index contributed by atoms with van der Waals surface area (Å²) in [5, 5.41) is 3.38. The zero-order valence-corrected chi connectivity index (χ0v) is 7.39. The Balaban J connectivity index is 1.97. The van der Waals surface area contributed by atoms with Gasteiger partial charge in [0.25, 0.3) is 0 Å². The molecular weight excluding hydrogens is 165 g/mol. The summed E-state index contributed by atoms with van der Waals surface area (Å²) in [5.74, 6) is 0.668. The van der Waals surface area contributed by atoms with Crippen molar-refractivity contribution in [1.29, 1.82) is 0 Å². The molecule has 1 heterocycles. The molecule has 1 saturated heterocycles. The summed E-state index contributed by atoms with van der Waals surface area (Å²) in [4.78, 5) is 0. The van der Waals surface area contributed by atoms with Crippen LogP contribution in [-0.2, 0) is 5.41 Å². The van der Waals surface area contributed by atoms with Crippen molar-refractivity contribution in [3.8, 4) is 0 Å². The fourth-order valence-electron chi connectivity index (χ4n) is 2.57. The van der Waals surface area contributed by atoms with E-state index in [1.807, 2.05) is 12.1 Å². The normalized spacial score (nSPS) is 35.9. The zero-order chi connectivity index (χ0) is 8.89. The molecular formula is C11H12FN. The van der Waals surface area contributed by atoms with E-state index < -0.39 is 0 Å². The van der Waals surface area contributed by atoms with Gasteiger partial charge in [0.15, 0.2) is 0 Å². The van der Waals surface area contributed by atoms with Crippen LogP contribution in [0.25, 0.3) is 0 Å². The second-order valence-electron chi connectivity index (χ2n) is 4.19. The van der Waals surface area contributed by atoms with E-state index in [2.05, 4.69) is 5.32 Å². The van der Waals surface area contributed by atoms with Crippen molar-refractivity contribution in [2.45, 2.75) is 11.8 Å². The third kappa shape index (κ3) is 0.953. The molecule has 0 aromatic heterocycles. The molecule has 1 N–H and O–H groups in total. The van der Waals surface area contributed by atoms with E-state index in [1.54, 1.807) is 12.1 Å². The van der Waals surface area contributed by atoms with Crippen molar-refractivity contribution in [2.24, 2.45) is 5.92 Å². The molecule has 1 aliphatic carbocycles. The first kappa shape index (κ1) is 7.51. The summed E-state index contributed by atoms with van der Waals surface area (Å²) < 4.78 is 12.7. The van der Waals surface area contributed by atoms with Gasteiger partial charge >= 0.3 is 0 Å². The Morgan fingerprint density at radius 1 is 1.31 bits per heavy atom. The van der Waals surface area contributed by atoms with Gasteiger partial charge in [0.2, 0.25) is 0 Å². The van der Waals surface area contributed by atoms with Gasteiger partial charge < -0.3 is 5.32 Å². The molecule has 1 aromatic rings. The molecule has 0 radical (unpaired) electrons. The maximum absolute atomic E-state index is 12.7. The van der Waals surface area contributed by atoms with Gasteiger partial charge in [-0.05, 0) is 36.6 Å². The average molecular weight is 177 g/mol. The molecule has 2 fully saturated rings. The van der Waals surface area contributed by atoms with E-state index in [0.29, 0.717) is 5.41 Å². The van der Waals surface area contributed by atoms with Crippen LogP contribution in [0.3, 0.4) is 0 Å². The largest absolute Gasteiger partial charge is 0.316 e. The lowest BCUT2D eigenvalue weighted by Crippen LogP contribution is -2.19. The number of benzene rings is 1. The number of rotatable bonds is 1. The van der Waals surface area contributed by atoms with Crippen LogP contribution in [-0.4, -0.2) is 13.1 Å². The monoisotopic (exact) mass is 177 g/mol. The molecule has 2 heteroatoms. The molecule has 1 nitrogen and oxygen atoms in total. The maximum atomic E-state index is 12.7. The average Bonchev–Trinajstić information content (AvgIpc) is 2.71. The van der Waals surface area contributed by atoms with Gasteiger partial charge in [-0.1, -0.05) is 12.1 Å². The summed E-state index contributed by atoms with van der Waals surface area (Å²) in [6.45, 7) is 2.21. The minimum absolute atomic E-state index is 0.136. The van der Waals surface area contributed by atoms with Crippen LogP contribution in [0.15, 0.2) is 24.3 Å². The Labute approximate surface area is 77.0 Å². The minimum Gasteiger partial charge on any atom is -0.316 e. The van der Waals surface area contributed by atoms with Gasteiger partial charge in [0, 0.05) is 12.0 Å². The third-order valence-corrected chi connectivity index (χ3v) is 3.48. The molecule has 3 rings (SSSR count). The van der Waals surface area contributed by atoms with Gasteiger partial charge in [-0.2, -0.15) is 0 Å². The lowest BCUT2D eigenvalue weighted by Gasteiger charge is -2.11. The summed E-state index contributed by atoms with van der Waals surface area (Å²) in [5.41, 5.74) is 1.68. The summed E-state index contributed by atoms with van der Waals surface area (Å²) in [6, 6.07) is 7.00. The second-order valence-corrected chi connectivity index (χ2v) is 4.19. The van der Waals surface area contributed by atoms with E-state index in [4.69, 9.17) is 0 Å². The third-order valence-electron chi connectivity index (χ3n) is 3.48. The Bertz CT molecular complexity index is 332. The molecule has 1 aromatic carbocycles. The molecule has 0 unspecified atom stereocenters. The highest BCUT2D eigenvalue weighted by Gasteiger charge is 2.57. The molecule has 1 saturated carbocycles. The van der Waals surface area contributed by atoms with E-state index >= 15 is 0 Å². The van der Waals surface area contributed by atoms with Crippen molar-refractivity contribution in [1.82, 2.24) is 5.32 Å². The zero-order valence-electron chi connectivity index (χ0n) is 7.39. The van der Waals surface area contributed by atoms with Gasteiger partial charge in [0.05, 0.1) is 0 Å². The van der Waals surface area contributed by atoms with Crippen LogP contribution in [0.5, 0.6) is 0 Å². The predicted octanol–water partition coefficient (Wildman–Crippen LogP) is 1.69. The predicted molar refractivity (Wildman–Crippen MR) is 49.1 cm³/mol. The number of hydrogen-bond acceptors (Lipinski definition) is 1. The standard InChI is InChI=1S/C11H12FN/c12-10-3-1-8(2-4-10)11-5-9(11)6-13-7-11/h1-4,9,13H,5-7H2/t9-,11+/m1/s1. The fraction of sp³-hybridized carbons (Fsp3) is 0.455. The first-order valence-corrected chi connectivity index (χ1v) is 4.78. The number of hydrogen-bond donors (Lipinski definition) is 1. The molecule has 13 heavy (non-hydrogen) atoms. The summed E-state index contributed by atoms with van der Waals surface area (Å²) in [6.07, 6.45) is 1.28. The van der Waals surface area contributed by atoms with E-state index in [1.165, 1.54) is 12.0 Å². The van der Waals surface area contributed by atoms with Crippen LogP contribution in [0.4, 0.5) is 4.39 Å². The van der Waals surface area contributed by atoms with Crippen LogP contribution in [0.1, 0.15) is 12.0 Å². The van der Waals surface area contributed by atoms with E-state index in [9.17, 15) is 4.39 Å². The van der Waals surface area contributed by atoms with Crippen molar-refractivity contribution < 1.29 is 4.39 Å². The Morgan fingerprint density at radius 3 is 2.62 bits per heavy atom. The van der Waals surface area contributed by atoms with Crippen LogP contribution in [0.2, 0.25) is 0 Å². The Morgan fingerprint density at radius 2 is 2.08 bits per heavy atom. The highest BCUT2D eigenvalue weighted by Crippen LogP contribution is 2.56. The van der Waals surface area contributed by atoms with Crippen molar-refractivity contribution in [3.05, 3.63) is 35.6 Å². The van der Waals surface area contributed by atoms with Crippen LogP contribution >= 0.6 is 0 Å². The van der Waals surface area contributed by atoms with Gasteiger partial charge in [-0.25, -0.2) is 4.39 Å². The lowest BCUT2D eigenvalue weighted by atomic mass is 9.95. The summed E-state index contributed by atoms with van der Waals surface area (Å²) >= 11 is 0. The number of piperidine rings is 1. The van der Waals surface area contributed by atoms with Gasteiger partial charge in [-0.15, -0.1) is 0 Å². The molecule has 0 bridgehead atoms. The molecule has 0 spiro atoms. The second kappa shape index (κ2) is 2.32. The SMILES string of the molecule is Fc1ccc([C@]23CNC[C@H]2C3)cc1. The van der Waals surface area contributed by atoms with E-state index in [-0.39, 0.29) is 5.82 Å². The molecule has 2 aliphatic rings. The first-order valence-electron chi connectivity index (χ1n) is 4.78. The van der Waals surface area contributed by atoms with E-state index in [0.717, 1.165) is 19.0 Å². The van der Waals surface area contributed by atoms with Crippen molar-refractivity contribution >= 4 is 0 Å². The number of nitrogens with one attached hydrogen (secondary N) is 1. The minimum atomic E-state index is -0.136. The Hall–Kier alpha value is -0.890. The Kier molecular flexibility index (Phi) is 1.34. The highest BCUT2D eigenvalue weighted by molar-refractivity contribution is 5.36. The number of halogens is 1. The molecule has 0 amide bonds. The maximum Gasteiger partial charge on any atom is 0.123 e. The first-order chi connectivity index (χ1) is 6.31. The smallest absolute Gasteiger partial charge is 0.123 e.